The molecule has 66 heavy (non-hydrogen) atoms. The van der Waals surface area contributed by atoms with Gasteiger partial charge in [0.2, 0.25) is 0 Å². The Labute approximate surface area is 406 Å². The molecule has 333 valence electrons. The van der Waals surface area contributed by atoms with E-state index in [2.05, 4.69) is 209 Å². The molecule has 0 fully saturated rings. The predicted octanol–water partition coefficient (Wildman–Crippen LogP) is 15.6. The van der Waals surface area contributed by atoms with Gasteiger partial charge in [0.25, 0.3) is 0 Å². The first-order valence-corrected chi connectivity index (χ1v) is 30.2. The van der Waals surface area contributed by atoms with E-state index in [1.165, 1.54) is 11.1 Å². The van der Waals surface area contributed by atoms with Crippen LogP contribution in [0.15, 0.2) is 168 Å². The summed E-state index contributed by atoms with van der Waals surface area (Å²) in [6.45, 7) is 13.6. The molecule has 4 nitrogen and oxygen atoms in total. The van der Waals surface area contributed by atoms with Crippen LogP contribution >= 0.6 is 0 Å². The van der Waals surface area contributed by atoms with Gasteiger partial charge in [0, 0.05) is 31.2 Å². The molecule has 3 heterocycles. The van der Waals surface area contributed by atoms with Crippen LogP contribution in [0.25, 0.3) is 83.6 Å². The molecular weight excluding hydrogens is 1040 g/mol. The summed E-state index contributed by atoms with van der Waals surface area (Å²) in [7, 11) is 0. The van der Waals surface area contributed by atoms with E-state index < -0.39 is 13.3 Å². The van der Waals surface area contributed by atoms with Crippen molar-refractivity contribution in [3.8, 4) is 50.6 Å². The van der Waals surface area contributed by atoms with Crippen LogP contribution in [0.5, 0.6) is 0 Å². The summed E-state index contributed by atoms with van der Waals surface area (Å²) in [5, 5.41) is 2.21. The number of para-hydroxylation sites is 3. The van der Waals surface area contributed by atoms with Gasteiger partial charge in [0.05, 0.1) is 28.1 Å². The maximum absolute atomic E-state index is 6.36. The van der Waals surface area contributed by atoms with Crippen molar-refractivity contribution in [2.45, 2.75) is 70.6 Å². The number of rotatable bonds is 8. The topological polar surface area (TPSA) is 43.9 Å². The SMILES string of the molecule is CC(C)Cc1cc(-c2[c-]cccc2)nc[c]1[Ge]([CH3])([CH3])[CH3].Cc1cc(-c2nc3ccccc3n2-c2c(-c3ccccc3)cc(C(C)(C)C)cc2-c2ccccc2)[c-]c2oc3ccccc3c12.[Ir]. The summed E-state index contributed by atoms with van der Waals surface area (Å²) in [4.78, 5) is 9.99. The van der Waals surface area contributed by atoms with Gasteiger partial charge >= 0.3 is 126 Å². The van der Waals surface area contributed by atoms with E-state index in [9.17, 15) is 0 Å². The molecule has 0 saturated heterocycles. The molecular formula is C60H57GeIrN3O-2. The summed E-state index contributed by atoms with van der Waals surface area (Å²) >= 11 is -1.86. The van der Waals surface area contributed by atoms with Crippen molar-refractivity contribution >= 4 is 50.6 Å². The Morgan fingerprint density at radius 3 is 1.95 bits per heavy atom. The minimum atomic E-state index is -1.86. The van der Waals surface area contributed by atoms with Gasteiger partial charge < -0.3 is 8.98 Å². The summed E-state index contributed by atoms with van der Waals surface area (Å²) in [6.07, 6.45) is 3.27. The molecule has 7 aromatic carbocycles. The number of fused-ring (bicyclic) bond motifs is 4. The second-order valence-electron chi connectivity index (χ2n) is 19.7. The van der Waals surface area contributed by atoms with Crippen molar-refractivity contribution < 1.29 is 24.5 Å². The molecule has 0 atom stereocenters. The van der Waals surface area contributed by atoms with E-state index in [1.54, 1.807) is 4.40 Å². The van der Waals surface area contributed by atoms with Crippen LogP contribution in [0.3, 0.4) is 0 Å². The number of aromatic nitrogens is 3. The number of aryl methyl sites for hydroxylation is 1. The van der Waals surface area contributed by atoms with Crippen LogP contribution in [-0.2, 0) is 31.9 Å². The van der Waals surface area contributed by atoms with Crippen LogP contribution in [-0.4, -0.2) is 27.8 Å². The third-order valence-corrected chi connectivity index (χ3v) is 16.5. The van der Waals surface area contributed by atoms with Gasteiger partial charge in [0.1, 0.15) is 5.58 Å². The van der Waals surface area contributed by atoms with Crippen molar-refractivity contribution in [1.29, 1.82) is 0 Å². The molecule has 0 N–H and O–H groups in total. The molecule has 10 rings (SSSR count). The Hall–Kier alpha value is -5.85. The first-order chi connectivity index (χ1) is 31.2. The summed E-state index contributed by atoms with van der Waals surface area (Å²) in [5.74, 6) is 8.83. The zero-order valence-electron chi connectivity index (χ0n) is 39.5. The van der Waals surface area contributed by atoms with Crippen molar-refractivity contribution in [2.24, 2.45) is 5.92 Å². The summed E-state index contributed by atoms with van der Waals surface area (Å²) in [6, 6.07) is 62.3. The number of nitrogens with zero attached hydrogens (tertiary/aromatic N) is 3. The number of pyridine rings is 1. The van der Waals surface area contributed by atoms with Crippen LogP contribution in [0, 0.1) is 25.0 Å². The third-order valence-electron chi connectivity index (χ3n) is 12.2. The molecule has 1 radical (unpaired) electrons. The Morgan fingerprint density at radius 1 is 0.712 bits per heavy atom. The van der Waals surface area contributed by atoms with Gasteiger partial charge in [-0.1, -0.05) is 130 Å². The fraction of sp³-hybridized carbons (Fsp3) is 0.200. The zero-order chi connectivity index (χ0) is 45.5. The van der Waals surface area contributed by atoms with Crippen LogP contribution < -0.4 is 4.40 Å². The molecule has 0 bridgehead atoms. The molecule has 3 aromatic heterocycles. The Bertz CT molecular complexity index is 3220. The molecule has 0 saturated carbocycles. The second-order valence-corrected chi connectivity index (χ2v) is 30.3. The fourth-order valence-electron chi connectivity index (χ4n) is 8.99. The maximum atomic E-state index is 6.36. The molecule has 0 aliphatic rings. The Morgan fingerprint density at radius 2 is 1.33 bits per heavy atom. The maximum Gasteiger partial charge on any atom is 0.123 e. The average Bonchev–Trinajstić information content (AvgIpc) is 3.88. The quantitative estimate of drug-likeness (QED) is 0.112. The van der Waals surface area contributed by atoms with Crippen molar-refractivity contribution in [1.82, 2.24) is 14.5 Å². The number of furan rings is 1. The molecule has 0 spiro atoms. The summed E-state index contributed by atoms with van der Waals surface area (Å²) < 4.78 is 10.2. The molecule has 0 unspecified atom stereocenters. The standard InChI is InChI=1S/C42H33N2O.C18H24GeN.Ir/c1-27-23-30(24-38-39(27)32-19-11-14-22-37(32)45-38)41-43-35-20-12-13-21-36(35)44(41)40-33(28-15-7-5-8-16-28)25-31(42(2,3)4)26-34(40)29-17-9-6-10-18-29;1-14(2)11-16-12-18(15-9-7-6-8-10-15)20-13-17(16)19(3,4)5;/h5-23,25-26H,1-4H3;6-9,12-14H,11H2,1-5H3;/q2*-1;. The minimum absolute atomic E-state index is 0. The van der Waals surface area contributed by atoms with E-state index in [1.807, 2.05) is 30.3 Å². The summed E-state index contributed by atoms with van der Waals surface area (Å²) in [5.41, 5.74) is 16.2. The first kappa shape index (κ1) is 46.7. The number of hydrogen-bond acceptors (Lipinski definition) is 3. The van der Waals surface area contributed by atoms with E-state index in [0.29, 0.717) is 5.92 Å². The number of benzene rings is 7. The van der Waals surface area contributed by atoms with Crippen molar-refractivity contribution in [3.05, 3.63) is 193 Å². The monoisotopic (exact) mass is 1100 g/mol. The second kappa shape index (κ2) is 19.2. The average molecular weight is 1100 g/mol. The van der Waals surface area contributed by atoms with Gasteiger partial charge in [-0.3, -0.25) is 4.98 Å². The Balaban J connectivity index is 0.000000238. The smallest absolute Gasteiger partial charge is 0.123 e. The number of hydrogen-bond donors (Lipinski definition) is 0. The van der Waals surface area contributed by atoms with Gasteiger partial charge in [-0.15, -0.1) is 17.2 Å². The number of imidazole rings is 1. The third kappa shape index (κ3) is 9.53. The minimum Gasteiger partial charge on any atom is -0.477 e. The predicted molar refractivity (Wildman–Crippen MR) is 277 cm³/mol. The van der Waals surface area contributed by atoms with Crippen LogP contribution in [0.2, 0.25) is 17.3 Å². The van der Waals surface area contributed by atoms with Crippen molar-refractivity contribution in [3.63, 3.8) is 0 Å². The van der Waals surface area contributed by atoms with Gasteiger partial charge in [-0.05, 0) is 57.8 Å². The van der Waals surface area contributed by atoms with Gasteiger partial charge in [-0.25, -0.2) is 0 Å². The van der Waals surface area contributed by atoms with E-state index >= 15 is 0 Å². The first-order valence-electron chi connectivity index (χ1n) is 22.8. The zero-order valence-corrected chi connectivity index (χ0v) is 43.9. The van der Waals surface area contributed by atoms with E-state index in [4.69, 9.17) is 14.4 Å². The molecule has 0 aliphatic heterocycles. The van der Waals surface area contributed by atoms with Gasteiger partial charge in [0.15, 0.2) is 0 Å². The fourth-order valence-corrected chi connectivity index (χ4v) is 12.3. The molecule has 0 aliphatic carbocycles. The van der Waals surface area contributed by atoms with Gasteiger partial charge in [-0.2, -0.15) is 0 Å². The van der Waals surface area contributed by atoms with Crippen molar-refractivity contribution in [2.75, 3.05) is 0 Å². The Kier molecular flexibility index (Phi) is 13.6. The molecule has 6 heteroatoms. The van der Waals surface area contributed by atoms with Crippen LogP contribution in [0.4, 0.5) is 0 Å². The molecule has 0 amide bonds. The normalized spacial score (nSPS) is 11.8. The largest absolute Gasteiger partial charge is 0.477 e. The van der Waals surface area contributed by atoms with Crippen LogP contribution in [0.1, 0.15) is 51.3 Å². The van der Waals surface area contributed by atoms with E-state index in [-0.39, 0.29) is 25.5 Å². The molecule has 10 aromatic rings. The van der Waals surface area contributed by atoms with E-state index in [0.717, 1.165) is 95.5 Å².